The van der Waals surface area contributed by atoms with E-state index in [4.69, 9.17) is 4.74 Å². The van der Waals surface area contributed by atoms with Crippen molar-refractivity contribution in [1.29, 1.82) is 0 Å². The zero-order valence-electron chi connectivity index (χ0n) is 19.3. The first-order valence-corrected chi connectivity index (χ1v) is 11.1. The van der Waals surface area contributed by atoms with Crippen molar-refractivity contribution in [2.24, 2.45) is 14.1 Å². The largest absolute Gasteiger partial charge is 0.365 e. The highest BCUT2D eigenvalue weighted by Gasteiger charge is 2.39. The Bertz CT molecular complexity index is 1490. The van der Waals surface area contributed by atoms with E-state index >= 15 is 0 Å². The number of aromatic nitrogens is 3. The van der Waals surface area contributed by atoms with Crippen LogP contribution in [0.2, 0.25) is 0 Å². The molecule has 0 radical (unpaired) electrons. The summed E-state index contributed by atoms with van der Waals surface area (Å²) in [4.78, 5) is 26.4. The van der Waals surface area contributed by atoms with Gasteiger partial charge in [-0.25, -0.2) is 4.79 Å². The Kier molecular flexibility index (Phi) is 4.98. The average Bonchev–Trinajstić information content (AvgIpc) is 3.20. The fraction of sp³-hybridized carbons (Fsp3) is 0.259. The van der Waals surface area contributed by atoms with Gasteiger partial charge in [-0.05, 0) is 31.1 Å². The number of rotatable bonds is 3. The lowest BCUT2D eigenvalue weighted by molar-refractivity contribution is -0.00302. The SMILES string of the molecule is Cn1c(=O)c2c(-c3ccccc3)n3c(c2n(C)c1=O)C(/C=C/c1ccccc1)OCC3(C)C. The molecule has 1 atom stereocenters. The molecule has 2 aromatic carbocycles. The molecule has 0 fully saturated rings. The van der Waals surface area contributed by atoms with E-state index in [9.17, 15) is 9.59 Å². The Hall–Kier alpha value is -3.64. The second-order valence-electron chi connectivity index (χ2n) is 9.18. The number of hydrogen-bond donors (Lipinski definition) is 0. The van der Waals surface area contributed by atoms with Crippen LogP contribution in [0, 0.1) is 0 Å². The Labute approximate surface area is 192 Å². The molecule has 0 N–H and O–H groups in total. The standard InChI is InChI=1S/C27H27N3O3/c1-27(2)17-33-20(16-15-18-11-7-5-8-12-18)23-24-21(25(31)29(4)26(32)28(24)3)22(30(23)27)19-13-9-6-10-14-19/h5-16,20H,17H2,1-4H3/b16-15+. The number of benzene rings is 2. The lowest BCUT2D eigenvalue weighted by Gasteiger charge is -2.38. The minimum atomic E-state index is -0.419. The van der Waals surface area contributed by atoms with Crippen molar-refractivity contribution in [2.75, 3.05) is 6.61 Å². The molecule has 5 rings (SSSR count). The maximum Gasteiger partial charge on any atom is 0.331 e. The minimum absolute atomic E-state index is 0.296. The third kappa shape index (κ3) is 3.29. The molecule has 1 unspecified atom stereocenters. The number of ether oxygens (including phenoxy) is 1. The van der Waals surface area contributed by atoms with Crippen molar-refractivity contribution in [3.05, 3.63) is 98.8 Å². The van der Waals surface area contributed by atoms with Crippen LogP contribution in [0.3, 0.4) is 0 Å². The third-order valence-electron chi connectivity index (χ3n) is 6.41. The molecule has 1 aliphatic rings. The molecular weight excluding hydrogens is 414 g/mol. The molecule has 168 valence electrons. The lowest BCUT2D eigenvalue weighted by atomic mass is 10.0. The second-order valence-corrected chi connectivity index (χ2v) is 9.18. The van der Waals surface area contributed by atoms with Crippen LogP contribution < -0.4 is 11.2 Å². The molecule has 0 saturated heterocycles. The van der Waals surface area contributed by atoms with Crippen LogP contribution in [-0.4, -0.2) is 20.3 Å². The number of aryl methyl sites for hydroxylation is 1. The van der Waals surface area contributed by atoms with Crippen LogP contribution in [0.15, 0.2) is 76.3 Å². The summed E-state index contributed by atoms with van der Waals surface area (Å²) < 4.78 is 11.3. The number of hydrogen-bond acceptors (Lipinski definition) is 3. The van der Waals surface area contributed by atoms with Gasteiger partial charge in [-0.1, -0.05) is 66.7 Å². The fourth-order valence-corrected chi connectivity index (χ4v) is 4.80. The molecule has 4 aromatic rings. The van der Waals surface area contributed by atoms with E-state index in [-0.39, 0.29) is 11.2 Å². The topological polar surface area (TPSA) is 58.2 Å². The first-order chi connectivity index (χ1) is 15.8. The van der Waals surface area contributed by atoms with Crippen molar-refractivity contribution in [2.45, 2.75) is 25.5 Å². The van der Waals surface area contributed by atoms with Crippen molar-refractivity contribution in [3.8, 4) is 11.3 Å². The van der Waals surface area contributed by atoms with Gasteiger partial charge in [0, 0.05) is 14.1 Å². The van der Waals surface area contributed by atoms with Crippen LogP contribution in [0.25, 0.3) is 28.2 Å². The van der Waals surface area contributed by atoms with Gasteiger partial charge in [0.2, 0.25) is 0 Å². The van der Waals surface area contributed by atoms with Crippen LogP contribution in [0.4, 0.5) is 0 Å². The maximum absolute atomic E-state index is 13.5. The minimum Gasteiger partial charge on any atom is -0.365 e. The number of nitrogens with zero attached hydrogens (tertiary/aromatic N) is 3. The van der Waals surface area contributed by atoms with Crippen molar-refractivity contribution < 1.29 is 4.74 Å². The van der Waals surface area contributed by atoms with E-state index in [0.29, 0.717) is 17.5 Å². The second kappa shape index (κ2) is 7.74. The molecule has 0 bridgehead atoms. The first kappa shape index (κ1) is 21.2. The van der Waals surface area contributed by atoms with E-state index in [1.54, 1.807) is 11.6 Å². The zero-order valence-corrected chi connectivity index (χ0v) is 19.3. The Balaban J connectivity index is 1.90. The van der Waals surface area contributed by atoms with E-state index < -0.39 is 11.6 Å². The Morgan fingerprint density at radius 1 is 0.939 bits per heavy atom. The van der Waals surface area contributed by atoms with E-state index in [1.165, 1.54) is 11.6 Å². The summed E-state index contributed by atoms with van der Waals surface area (Å²) >= 11 is 0. The van der Waals surface area contributed by atoms with E-state index in [2.05, 4.69) is 18.4 Å². The van der Waals surface area contributed by atoms with Crippen LogP contribution in [0.5, 0.6) is 0 Å². The Morgan fingerprint density at radius 2 is 1.58 bits per heavy atom. The van der Waals surface area contributed by atoms with Crippen molar-refractivity contribution in [1.82, 2.24) is 13.7 Å². The van der Waals surface area contributed by atoms with Crippen LogP contribution in [-0.2, 0) is 24.4 Å². The highest BCUT2D eigenvalue weighted by Crippen LogP contribution is 2.43. The van der Waals surface area contributed by atoms with E-state index in [0.717, 1.165) is 22.5 Å². The molecule has 33 heavy (non-hydrogen) atoms. The molecule has 0 saturated carbocycles. The molecule has 0 aliphatic carbocycles. The quantitative estimate of drug-likeness (QED) is 0.478. The predicted octanol–water partition coefficient (Wildman–Crippen LogP) is 4.23. The summed E-state index contributed by atoms with van der Waals surface area (Å²) in [5.41, 5.74) is 3.19. The van der Waals surface area contributed by atoms with Gasteiger partial charge in [0.15, 0.2) is 0 Å². The molecule has 0 spiro atoms. The average molecular weight is 442 g/mol. The molecular formula is C27H27N3O3. The molecule has 2 aromatic heterocycles. The normalized spacial score (nSPS) is 17.5. The monoisotopic (exact) mass is 441 g/mol. The maximum atomic E-state index is 13.5. The molecule has 3 heterocycles. The van der Waals surface area contributed by atoms with Gasteiger partial charge in [0.05, 0.1) is 34.4 Å². The van der Waals surface area contributed by atoms with Gasteiger partial charge >= 0.3 is 5.69 Å². The highest BCUT2D eigenvalue weighted by atomic mass is 16.5. The third-order valence-corrected chi connectivity index (χ3v) is 6.41. The molecule has 1 aliphatic heterocycles. The molecule has 0 amide bonds. The van der Waals surface area contributed by atoms with Crippen molar-refractivity contribution in [3.63, 3.8) is 0 Å². The lowest BCUT2D eigenvalue weighted by Crippen LogP contribution is -2.39. The predicted molar refractivity (Wildman–Crippen MR) is 131 cm³/mol. The van der Waals surface area contributed by atoms with Gasteiger partial charge in [-0.3, -0.25) is 13.9 Å². The zero-order chi connectivity index (χ0) is 23.3. The van der Waals surface area contributed by atoms with Gasteiger partial charge in [0.25, 0.3) is 5.56 Å². The van der Waals surface area contributed by atoms with Crippen LogP contribution >= 0.6 is 0 Å². The van der Waals surface area contributed by atoms with Gasteiger partial charge < -0.3 is 9.30 Å². The summed E-state index contributed by atoms with van der Waals surface area (Å²) in [5.74, 6) is 0. The summed E-state index contributed by atoms with van der Waals surface area (Å²) in [6.45, 7) is 4.67. The molecule has 6 heteroatoms. The first-order valence-electron chi connectivity index (χ1n) is 11.1. The van der Waals surface area contributed by atoms with Crippen LogP contribution in [0.1, 0.15) is 31.2 Å². The summed E-state index contributed by atoms with van der Waals surface area (Å²) in [7, 11) is 3.25. The van der Waals surface area contributed by atoms with E-state index in [1.807, 2.05) is 72.8 Å². The highest BCUT2D eigenvalue weighted by molar-refractivity contribution is 5.96. The number of fused-ring (bicyclic) bond motifs is 3. The summed E-state index contributed by atoms with van der Waals surface area (Å²) in [6, 6.07) is 19.9. The Morgan fingerprint density at radius 3 is 2.24 bits per heavy atom. The van der Waals surface area contributed by atoms with Gasteiger partial charge in [0.1, 0.15) is 6.10 Å². The smallest absolute Gasteiger partial charge is 0.331 e. The molecule has 6 nitrogen and oxygen atoms in total. The summed E-state index contributed by atoms with van der Waals surface area (Å²) in [5, 5.41) is 0.539. The summed E-state index contributed by atoms with van der Waals surface area (Å²) in [6.07, 6.45) is 3.62. The fourth-order valence-electron chi connectivity index (χ4n) is 4.80. The van der Waals surface area contributed by atoms with Gasteiger partial charge in [-0.2, -0.15) is 0 Å². The van der Waals surface area contributed by atoms with Crippen molar-refractivity contribution >= 4 is 17.0 Å². The van der Waals surface area contributed by atoms with Gasteiger partial charge in [-0.15, -0.1) is 0 Å².